The number of hydrogen-bond acceptors (Lipinski definition) is 4. The fraction of sp³-hybridized carbons (Fsp3) is 0.438. The van der Waals surface area contributed by atoms with Crippen LogP contribution in [0.4, 0.5) is 4.79 Å². The number of amides is 2. The summed E-state index contributed by atoms with van der Waals surface area (Å²) in [5, 5.41) is 12.1. The van der Waals surface area contributed by atoms with Gasteiger partial charge in [0.25, 0.3) is 0 Å². The van der Waals surface area contributed by atoms with Crippen LogP contribution in [0.1, 0.15) is 18.4 Å². The zero-order chi connectivity index (χ0) is 16.4. The van der Waals surface area contributed by atoms with Crippen LogP contribution in [0.5, 0.6) is 5.75 Å². The van der Waals surface area contributed by atoms with Crippen LogP contribution < -0.4 is 5.32 Å². The molecule has 7 heteroatoms. The summed E-state index contributed by atoms with van der Waals surface area (Å²) in [6, 6.07) is 6.55. The number of carbonyl (C=O) groups excluding carboxylic acids is 1. The summed E-state index contributed by atoms with van der Waals surface area (Å²) in [6.45, 7) is 1.10. The Morgan fingerprint density at radius 2 is 2.00 bits per heavy atom. The van der Waals surface area contributed by atoms with Gasteiger partial charge in [0, 0.05) is 19.1 Å². The molecule has 0 aromatic heterocycles. The SMILES string of the molecule is O=C(N[C@@H]1CCS(=O)(=O)C1)N1CC=C(c2ccc(O)cc2)CC1. The van der Waals surface area contributed by atoms with Gasteiger partial charge in [0.05, 0.1) is 11.5 Å². The topological polar surface area (TPSA) is 86.7 Å². The lowest BCUT2D eigenvalue weighted by Crippen LogP contribution is -2.46. The number of aromatic hydroxyl groups is 1. The van der Waals surface area contributed by atoms with Gasteiger partial charge in [-0.1, -0.05) is 18.2 Å². The first-order chi connectivity index (χ1) is 10.9. The van der Waals surface area contributed by atoms with E-state index in [0.29, 0.717) is 19.5 Å². The third-order valence-corrected chi connectivity index (χ3v) is 6.06. The molecule has 0 radical (unpaired) electrons. The minimum atomic E-state index is -2.99. The number of rotatable bonds is 2. The molecule has 3 rings (SSSR count). The summed E-state index contributed by atoms with van der Waals surface area (Å²) in [5.74, 6) is 0.432. The van der Waals surface area contributed by atoms with E-state index in [-0.39, 0.29) is 29.3 Å². The first-order valence-electron chi connectivity index (χ1n) is 7.67. The Hall–Kier alpha value is -2.02. The van der Waals surface area contributed by atoms with Gasteiger partial charge in [-0.25, -0.2) is 13.2 Å². The van der Waals surface area contributed by atoms with Gasteiger partial charge in [-0.2, -0.15) is 0 Å². The molecule has 2 aliphatic heterocycles. The van der Waals surface area contributed by atoms with Crippen LogP contribution in [0.3, 0.4) is 0 Å². The highest BCUT2D eigenvalue weighted by molar-refractivity contribution is 7.91. The fourth-order valence-electron chi connectivity index (χ4n) is 2.97. The Labute approximate surface area is 135 Å². The van der Waals surface area contributed by atoms with Gasteiger partial charge < -0.3 is 15.3 Å². The molecule has 1 atom stereocenters. The Morgan fingerprint density at radius 3 is 2.57 bits per heavy atom. The lowest BCUT2D eigenvalue weighted by molar-refractivity contribution is 0.200. The zero-order valence-corrected chi connectivity index (χ0v) is 13.6. The van der Waals surface area contributed by atoms with Gasteiger partial charge in [0.2, 0.25) is 0 Å². The van der Waals surface area contributed by atoms with Crippen molar-refractivity contribution in [1.82, 2.24) is 10.2 Å². The lowest BCUT2D eigenvalue weighted by Gasteiger charge is -2.28. The molecule has 124 valence electrons. The van der Waals surface area contributed by atoms with Crippen LogP contribution in [0.25, 0.3) is 5.57 Å². The van der Waals surface area contributed by atoms with Crippen LogP contribution in [0.2, 0.25) is 0 Å². The summed E-state index contributed by atoms with van der Waals surface area (Å²) in [4.78, 5) is 13.9. The van der Waals surface area contributed by atoms with Gasteiger partial charge in [-0.15, -0.1) is 0 Å². The maximum absolute atomic E-state index is 12.2. The quantitative estimate of drug-likeness (QED) is 0.854. The first kappa shape index (κ1) is 15.9. The second kappa shape index (κ2) is 6.23. The van der Waals surface area contributed by atoms with Crippen molar-refractivity contribution in [3.8, 4) is 5.75 Å². The number of phenolic OH excluding ortho intramolecular Hbond substituents is 1. The number of carbonyl (C=O) groups is 1. The Balaban J connectivity index is 1.57. The molecule has 0 spiro atoms. The van der Waals surface area contributed by atoms with E-state index in [2.05, 4.69) is 5.32 Å². The summed E-state index contributed by atoms with van der Waals surface area (Å²) in [5.41, 5.74) is 2.20. The molecule has 1 fully saturated rings. The number of sulfone groups is 1. The summed E-state index contributed by atoms with van der Waals surface area (Å²) < 4.78 is 22.9. The fourth-order valence-corrected chi connectivity index (χ4v) is 4.64. The maximum Gasteiger partial charge on any atom is 0.317 e. The lowest BCUT2D eigenvalue weighted by atomic mass is 9.99. The minimum absolute atomic E-state index is 0.0428. The Morgan fingerprint density at radius 1 is 1.26 bits per heavy atom. The van der Waals surface area contributed by atoms with E-state index >= 15 is 0 Å². The predicted octanol–water partition coefficient (Wildman–Crippen LogP) is 1.38. The molecule has 0 saturated carbocycles. The summed E-state index contributed by atoms with van der Waals surface area (Å²) >= 11 is 0. The van der Waals surface area contributed by atoms with Crippen molar-refractivity contribution < 1.29 is 18.3 Å². The first-order valence-corrected chi connectivity index (χ1v) is 9.49. The Bertz CT molecular complexity index is 725. The van der Waals surface area contributed by atoms with Crippen molar-refractivity contribution in [1.29, 1.82) is 0 Å². The van der Waals surface area contributed by atoms with Crippen molar-refractivity contribution in [2.24, 2.45) is 0 Å². The third kappa shape index (κ3) is 3.85. The van der Waals surface area contributed by atoms with Crippen LogP contribution >= 0.6 is 0 Å². The molecule has 6 nitrogen and oxygen atoms in total. The largest absolute Gasteiger partial charge is 0.508 e. The van der Waals surface area contributed by atoms with Crippen molar-refractivity contribution in [3.63, 3.8) is 0 Å². The van der Waals surface area contributed by atoms with Gasteiger partial charge in [0.1, 0.15) is 5.75 Å². The van der Waals surface area contributed by atoms with E-state index in [9.17, 15) is 18.3 Å². The molecule has 0 unspecified atom stereocenters. The highest BCUT2D eigenvalue weighted by atomic mass is 32.2. The molecule has 2 aliphatic rings. The average Bonchev–Trinajstić information content (AvgIpc) is 2.87. The molecule has 1 aromatic rings. The second-order valence-corrected chi connectivity index (χ2v) is 8.25. The van der Waals surface area contributed by atoms with Crippen LogP contribution in [0.15, 0.2) is 30.3 Å². The number of hydrogen-bond donors (Lipinski definition) is 2. The molecule has 23 heavy (non-hydrogen) atoms. The van der Waals surface area contributed by atoms with Crippen molar-refractivity contribution in [2.45, 2.75) is 18.9 Å². The summed E-state index contributed by atoms with van der Waals surface area (Å²) in [7, 11) is -2.99. The van der Waals surface area contributed by atoms with Crippen molar-refractivity contribution >= 4 is 21.4 Å². The molecule has 0 aliphatic carbocycles. The second-order valence-electron chi connectivity index (χ2n) is 6.02. The number of nitrogens with zero attached hydrogens (tertiary/aromatic N) is 1. The molecular formula is C16H20N2O4S. The average molecular weight is 336 g/mol. The normalized spacial score (nSPS) is 23.4. The van der Waals surface area contributed by atoms with Crippen LogP contribution in [0, 0.1) is 0 Å². The predicted molar refractivity (Wildman–Crippen MR) is 87.9 cm³/mol. The van der Waals surface area contributed by atoms with Crippen LogP contribution in [-0.4, -0.2) is 55.1 Å². The molecule has 2 heterocycles. The molecule has 1 saturated heterocycles. The van der Waals surface area contributed by atoms with Crippen LogP contribution in [-0.2, 0) is 9.84 Å². The van der Waals surface area contributed by atoms with Gasteiger partial charge >= 0.3 is 6.03 Å². The standard InChI is InChI=1S/C16H20N2O4S/c19-15-3-1-12(2-4-15)13-5-8-18(9-6-13)16(20)17-14-7-10-23(21,22)11-14/h1-5,14,19H,6-11H2,(H,17,20)/t14-/m1/s1. The molecule has 2 amide bonds. The molecular weight excluding hydrogens is 316 g/mol. The van der Waals surface area contributed by atoms with E-state index in [1.54, 1.807) is 17.0 Å². The van der Waals surface area contributed by atoms with Gasteiger partial charge in [-0.3, -0.25) is 0 Å². The van der Waals surface area contributed by atoms with E-state index in [1.807, 2.05) is 18.2 Å². The minimum Gasteiger partial charge on any atom is -0.508 e. The zero-order valence-electron chi connectivity index (χ0n) is 12.7. The monoisotopic (exact) mass is 336 g/mol. The third-order valence-electron chi connectivity index (χ3n) is 4.29. The van der Waals surface area contributed by atoms with Crippen molar-refractivity contribution in [3.05, 3.63) is 35.9 Å². The van der Waals surface area contributed by atoms with E-state index in [1.165, 1.54) is 0 Å². The van der Waals surface area contributed by atoms with Crippen molar-refractivity contribution in [2.75, 3.05) is 24.6 Å². The number of phenols is 1. The number of urea groups is 1. The molecule has 0 bridgehead atoms. The highest BCUT2D eigenvalue weighted by Gasteiger charge is 2.30. The van der Waals surface area contributed by atoms with Gasteiger partial charge in [-0.05, 0) is 36.1 Å². The highest BCUT2D eigenvalue weighted by Crippen LogP contribution is 2.24. The number of nitrogens with one attached hydrogen (secondary N) is 1. The van der Waals surface area contributed by atoms with E-state index in [0.717, 1.165) is 17.6 Å². The Kier molecular flexibility index (Phi) is 4.30. The molecule has 1 aromatic carbocycles. The van der Waals surface area contributed by atoms with Gasteiger partial charge in [0.15, 0.2) is 9.84 Å². The summed E-state index contributed by atoms with van der Waals surface area (Å²) in [6.07, 6.45) is 3.23. The smallest absolute Gasteiger partial charge is 0.317 e. The van der Waals surface area contributed by atoms with E-state index < -0.39 is 9.84 Å². The maximum atomic E-state index is 12.2. The number of benzene rings is 1. The molecule has 2 N–H and O–H groups in total. The van der Waals surface area contributed by atoms with E-state index in [4.69, 9.17) is 0 Å².